The molecule has 1 saturated carbocycles. The second-order valence-electron chi connectivity index (χ2n) is 11.0. The fraction of sp³-hybridized carbons (Fsp3) is 0.500. The highest BCUT2D eigenvalue weighted by molar-refractivity contribution is 5.93. The van der Waals surface area contributed by atoms with E-state index in [4.69, 9.17) is 9.97 Å². The van der Waals surface area contributed by atoms with E-state index < -0.39 is 0 Å². The molecule has 5 heteroatoms. The molecule has 0 spiro atoms. The first-order valence-electron chi connectivity index (χ1n) is 15.3. The summed E-state index contributed by atoms with van der Waals surface area (Å²) in [4.78, 5) is 23.0. The molecular weight excluding hydrogens is 480 g/mol. The first-order valence-corrected chi connectivity index (χ1v) is 15.3. The average Bonchev–Trinajstić information content (AvgIpc) is 3.18. The minimum atomic E-state index is -0.101. The molecule has 1 heterocycles. The summed E-state index contributed by atoms with van der Waals surface area (Å²) in [7, 11) is 0. The van der Waals surface area contributed by atoms with Crippen LogP contribution >= 0.6 is 0 Å². The lowest BCUT2D eigenvalue weighted by atomic mass is 10.0. The maximum atomic E-state index is 13.1. The van der Waals surface area contributed by atoms with Crippen LogP contribution in [0.2, 0.25) is 0 Å². The summed E-state index contributed by atoms with van der Waals surface area (Å²) < 4.78 is 0. The molecule has 4 rings (SSSR count). The Balaban J connectivity index is 1.55. The van der Waals surface area contributed by atoms with Gasteiger partial charge < -0.3 is 10.6 Å². The maximum Gasteiger partial charge on any atom is 0.251 e. The Labute approximate surface area is 235 Å². The monoisotopic (exact) mass is 526 g/mol. The number of aromatic nitrogens is 2. The summed E-state index contributed by atoms with van der Waals surface area (Å²) in [5, 5.41) is 6.82. The number of hydrogen-bond donors (Lipinski definition) is 2. The number of hydrogen-bond acceptors (Lipinski definition) is 4. The van der Waals surface area contributed by atoms with Crippen LogP contribution < -0.4 is 10.6 Å². The number of nitrogens with one attached hydrogen (secondary N) is 2. The summed E-state index contributed by atoms with van der Waals surface area (Å²) in [5.74, 6) is 0.629. The Morgan fingerprint density at radius 3 is 2.10 bits per heavy atom. The molecule has 1 aromatic carbocycles. The van der Waals surface area contributed by atoms with Crippen LogP contribution in [0.4, 0.5) is 5.95 Å². The van der Waals surface area contributed by atoms with Crippen molar-refractivity contribution in [2.75, 3.05) is 5.32 Å². The second kappa shape index (κ2) is 16.7. The van der Waals surface area contributed by atoms with E-state index in [-0.39, 0.29) is 5.91 Å². The SMILES string of the molecule is O=C(NCc1cnc(NC2CCCCCCCC2)nc1/C1=C/CCCCCCC1)c1ccccccccc1. The van der Waals surface area contributed by atoms with E-state index in [2.05, 4.69) is 16.7 Å². The summed E-state index contributed by atoms with van der Waals surface area (Å²) >= 11 is 0. The fourth-order valence-corrected chi connectivity index (χ4v) is 5.55. The number of carbonyl (C=O) groups is 1. The Morgan fingerprint density at radius 1 is 0.769 bits per heavy atom. The number of nitrogens with zero attached hydrogens (tertiary/aromatic N) is 2. The lowest BCUT2D eigenvalue weighted by molar-refractivity contribution is 0.0951. The largest absolute Gasteiger partial charge is 0.351 e. The molecule has 0 aliphatic heterocycles. The van der Waals surface area contributed by atoms with Gasteiger partial charge in [0, 0.05) is 29.9 Å². The first kappa shape index (κ1) is 28.8. The molecule has 2 N–H and O–H groups in total. The third-order valence-corrected chi connectivity index (χ3v) is 7.82. The Morgan fingerprint density at radius 2 is 1.38 bits per heavy atom. The van der Waals surface area contributed by atoms with Gasteiger partial charge in [0.25, 0.3) is 5.91 Å². The van der Waals surface area contributed by atoms with Crippen LogP contribution in [0.1, 0.15) is 118 Å². The quantitative estimate of drug-likeness (QED) is 0.396. The van der Waals surface area contributed by atoms with E-state index in [1.165, 1.54) is 89.0 Å². The van der Waals surface area contributed by atoms with Crippen molar-refractivity contribution < 1.29 is 4.79 Å². The fourth-order valence-electron chi connectivity index (χ4n) is 5.55. The molecule has 2 aromatic rings. The van der Waals surface area contributed by atoms with Gasteiger partial charge in [0.15, 0.2) is 0 Å². The van der Waals surface area contributed by atoms with E-state index in [1.54, 1.807) is 0 Å². The second-order valence-corrected chi connectivity index (χ2v) is 11.0. The smallest absolute Gasteiger partial charge is 0.251 e. The van der Waals surface area contributed by atoms with Gasteiger partial charge in [-0.3, -0.25) is 4.79 Å². The zero-order valence-electron chi connectivity index (χ0n) is 23.5. The van der Waals surface area contributed by atoms with Gasteiger partial charge >= 0.3 is 0 Å². The standard InChI is InChI=1S/C34H46N4O/c39-33(29-22-16-10-2-1-3-11-17-23-29)35-26-30-27-36-34(37-31-24-18-12-6-7-13-19-25-31)38-32(30)28-20-14-8-4-5-9-15-21-28/h1-3,10-11,16-17,20,22-23,27,31H,4-9,12-15,18-19,21,24-26H2,(H,35,39)(H,36,37,38)/b2-1?,3-1?,10-2?,11-3?,16-10?,17-11?,22-16?,23-17?,28-20+,29-22?,29-23?. The highest BCUT2D eigenvalue weighted by atomic mass is 16.1. The van der Waals surface area contributed by atoms with Crippen molar-refractivity contribution in [2.24, 2.45) is 0 Å². The van der Waals surface area contributed by atoms with Gasteiger partial charge in [0.1, 0.15) is 0 Å². The molecule has 1 amide bonds. The molecular formula is C34H46N4O. The Kier molecular flexibility index (Phi) is 12.3. The molecule has 208 valence electrons. The van der Waals surface area contributed by atoms with Gasteiger partial charge in [0.05, 0.1) is 5.69 Å². The summed E-state index contributed by atoms with van der Waals surface area (Å²) in [5.41, 5.74) is 3.91. The zero-order chi connectivity index (χ0) is 27.0. The summed E-state index contributed by atoms with van der Waals surface area (Å²) in [6, 6.07) is 17.6. The predicted molar refractivity (Wildman–Crippen MR) is 162 cm³/mol. The lowest BCUT2D eigenvalue weighted by Crippen LogP contribution is -2.24. The molecule has 39 heavy (non-hydrogen) atoms. The zero-order valence-corrected chi connectivity index (χ0v) is 23.5. The van der Waals surface area contributed by atoms with Crippen LogP contribution in [-0.4, -0.2) is 21.9 Å². The van der Waals surface area contributed by atoms with Crippen molar-refractivity contribution in [1.82, 2.24) is 15.3 Å². The van der Waals surface area contributed by atoms with Crippen LogP contribution in [0, 0.1) is 0 Å². The third kappa shape index (κ3) is 10.1. The highest BCUT2D eigenvalue weighted by Crippen LogP contribution is 2.28. The van der Waals surface area contributed by atoms with Crippen molar-refractivity contribution in [1.29, 1.82) is 0 Å². The normalized spacial score (nSPS) is 18.8. The Hall–Kier alpha value is -3.21. The van der Waals surface area contributed by atoms with Gasteiger partial charge in [-0.2, -0.15) is 0 Å². The van der Waals surface area contributed by atoms with Crippen LogP contribution in [0.25, 0.3) is 5.57 Å². The minimum absolute atomic E-state index is 0.101. The van der Waals surface area contributed by atoms with Gasteiger partial charge in [-0.15, -0.1) is 0 Å². The van der Waals surface area contributed by atoms with Crippen LogP contribution in [-0.2, 0) is 6.54 Å². The third-order valence-electron chi connectivity index (χ3n) is 7.82. The number of amides is 1. The van der Waals surface area contributed by atoms with Gasteiger partial charge in [0.2, 0.25) is 5.95 Å². The van der Waals surface area contributed by atoms with E-state index in [1.807, 2.05) is 60.8 Å². The van der Waals surface area contributed by atoms with Crippen molar-refractivity contribution in [3.8, 4) is 0 Å². The number of allylic oxidation sites excluding steroid dienone is 2. The summed E-state index contributed by atoms with van der Waals surface area (Å²) in [6.45, 7) is 0.403. The molecule has 2 aliphatic rings. The molecule has 0 atom stereocenters. The lowest BCUT2D eigenvalue weighted by Gasteiger charge is -2.20. The Bertz CT molecular complexity index is 1090. The molecule has 0 radical (unpaired) electrons. The minimum Gasteiger partial charge on any atom is -0.351 e. The van der Waals surface area contributed by atoms with Crippen LogP contribution in [0.3, 0.4) is 0 Å². The van der Waals surface area contributed by atoms with Gasteiger partial charge in [-0.1, -0.05) is 106 Å². The molecule has 2 aliphatic carbocycles. The van der Waals surface area contributed by atoms with E-state index in [0.29, 0.717) is 18.2 Å². The topological polar surface area (TPSA) is 66.9 Å². The van der Waals surface area contributed by atoms with E-state index in [9.17, 15) is 4.79 Å². The molecule has 1 fully saturated rings. The van der Waals surface area contributed by atoms with Crippen LogP contribution in [0.5, 0.6) is 0 Å². The molecule has 0 bridgehead atoms. The maximum absolute atomic E-state index is 13.1. The average molecular weight is 527 g/mol. The first-order chi connectivity index (χ1) is 19.3. The molecule has 5 nitrogen and oxygen atoms in total. The molecule has 1 aromatic heterocycles. The van der Waals surface area contributed by atoms with Crippen molar-refractivity contribution in [3.63, 3.8) is 0 Å². The number of rotatable bonds is 6. The molecule has 0 unspecified atom stereocenters. The van der Waals surface area contributed by atoms with Crippen molar-refractivity contribution in [2.45, 2.75) is 109 Å². The van der Waals surface area contributed by atoms with Gasteiger partial charge in [-0.25, -0.2) is 9.97 Å². The summed E-state index contributed by atoms with van der Waals surface area (Å²) in [6.07, 6.45) is 23.0. The molecule has 0 saturated heterocycles. The van der Waals surface area contributed by atoms with Crippen LogP contribution in [0.15, 0.2) is 66.9 Å². The number of carbonyl (C=O) groups excluding carboxylic acids is 1. The van der Waals surface area contributed by atoms with Crippen molar-refractivity contribution >= 4 is 17.4 Å². The highest BCUT2D eigenvalue weighted by Gasteiger charge is 2.17. The van der Waals surface area contributed by atoms with E-state index in [0.717, 1.165) is 30.0 Å². The van der Waals surface area contributed by atoms with Crippen molar-refractivity contribution in [3.05, 3.63) is 83.7 Å². The van der Waals surface area contributed by atoms with E-state index >= 15 is 0 Å². The predicted octanol–water partition coefficient (Wildman–Crippen LogP) is 8.57. The number of anilines is 1. The van der Waals surface area contributed by atoms with Gasteiger partial charge in [-0.05, 0) is 56.2 Å².